The molecule has 1 aromatic carbocycles. The van der Waals surface area contributed by atoms with Gasteiger partial charge >= 0.3 is 6.18 Å². The molecule has 1 heterocycles. The number of alkyl halides is 3. The van der Waals surface area contributed by atoms with Gasteiger partial charge in [0, 0.05) is 18.2 Å². The van der Waals surface area contributed by atoms with Crippen molar-refractivity contribution in [2.75, 3.05) is 11.9 Å². The molecule has 2 rings (SSSR count). The van der Waals surface area contributed by atoms with Crippen LogP contribution in [0.15, 0.2) is 18.2 Å². The van der Waals surface area contributed by atoms with E-state index in [4.69, 9.17) is 0 Å². The Morgan fingerprint density at radius 1 is 1.38 bits per heavy atom. The van der Waals surface area contributed by atoms with Gasteiger partial charge in [0.05, 0.1) is 5.56 Å². The summed E-state index contributed by atoms with van der Waals surface area (Å²) in [6, 6.07) is 3.46. The fourth-order valence-electron chi connectivity index (χ4n) is 1.87. The van der Waals surface area contributed by atoms with Gasteiger partial charge in [0.1, 0.15) is 6.29 Å². The molecule has 86 valence electrons. The van der Waals surface area contributed by atoms with Gasteiger partial charge in [-0.15, -0.1) is 0 Å². The van der Waals surface area contributed by atoms with E-state index in [1.165, 1.54) is 6.07 Å². The second kappa shape index (κ2) is 3.81. The van der Waals surface area contributed by atoms with Crippen LogP contribution in [0, 0.1) is 0 Å². The third-order valence-electron chi connectivity index (χ3n) is 2.72. The highest BCUT2D eigenvalue weighted by atomic mass is 19.4. The lowest BCUT2D eigenvalue weighted by molar-refractivity contribution is -0.137. The fraction of sp³-hybridized carbons (Fsp3) is 0.364. The highest BCUT2D eigenvalue weighted by Crippen LogP contribution is 2.36. The molecule has 2 nitrogen and oxygen atoms in total. The minimum Gasteiger partial charge on any atom is -0.385 e. The monoisotopic (exact) mass is 229 g/mol. The standard InChI is InChI=1S/C11H10F3NO/c12-11(13,14)8-1-2-9-7(6-16)3-4-15-10(9)5-8/h1-2,5-7,15H,3-4H2. The van der Waals surface area contributed by atoms with E-state index < -0.39 is 11.7 Å². The molecule has 5 heteroatoms. The van der Waals surface area contributed by atoms with Crippen LogP contribution >= 0.6 is 0 Å². The van der Waals surface area contributed by atoms with Gasteiger partial charge in [-0.05, 0) is 24.1 Å². The number of aldehydes is 1. The van der Waals surface area contributed by atoms with Gasteiger partial charge in [-0.2, -0.15) is 13.2 Å². The van der Waals surface area contributed by atoms with E-state index >= 15 is 0 Å². The van der Waals surface area contributed by atoms with Crippen LogP contribution < -0.4 is 5.32 Å². The van der Waals surface area contributed by atoms with Crippen LogP contribution in [0.5, 0.6) is 0 Å². The maximum Gasteiger partial charge on any atom is 0.416 e. The molecule has 1 atom stereocenters. The highest BCUT2D eigenvalue weighted by molar-refractivity contribution is 5.70. The van der Waals surface area contributed by atoms with Gasteiger partial charge in [0.2, 0.25) is 0 Å². The van der Waals surface area contributed by atoms with Crippen LogP contribution in [0.4, 0.5) is 18.9 Å². The number of anilines is 1. The van der Waals surface area contributed by atoms with Crippen molar-refractivity contribution in [3.8, 4) is 0 Å². The minimum absolute atomic E-state index is 0.293. The molecule has 16 heavy (non-hydrogen) atoms. The molecule has 1 aliphatic heterocycles. The number of hydrogen-bond donors (Lipinski definition) is 1. The van der Waals surface area contributed by atoms with E-state index in [1.807, 2.05) is 0 Å². The smallest absolute Gasteiger partial charge is 0.385 e. The zero-order chi connectivity index (χ0) is 11.8. The summed E-state index contributed by atoms with van der Waals surface area (Å²) < 4.78 is 37.3. The Morgan fingerprint density at radius 2 is 2.12 bits per heavy atom. The van der Waals surface area contributed by atoms with Crippen molar-refractivity contribution in [1.29, 1.82) is 0 Å². The van der Waals surface area contributed by atoms with Crippen molar-refractivity contribution >= 4 is 12.0 Å². The third kappa shape index (κ3) is 1.89. The Balaban J connectivity index is 2.43. The van der Waals surface area contributed by atoms with Gasteiger partial charge in [-0.3, -0.25) is 0 Å². The molecule has 0 aromatic heterocycles. The molecule has 0 radical (unpaired) electrons. The first kappa shape index (κ1) is 11.0. The number of hydrogen-bond acceptors (Lipinski definition) is 2. The summed E-state index contributed by atoms with van der Waals surface area (Å²) in [4.78, 5) is 10.8. The number of carbonyl (C=O) groups is 1. The first-order chi connectivity index (χ1) is 7.52. The van der Waals surface area contributed by atoms with Crippen molar-refractivity contribution in [2.24, 2.45) is 0 Å². The van der Waals surface area contributed by atoms with E-state index in [9.17, 15) is 18.0 Å². The number of rotatable bonds is 1. The summed E-state index contributed by atoms with van der Waals surface area (Å²) in [6.45, 7) is 0.526. The summed E-state index contributed by atoms with van der Waals surface area (Å²) in [6.07, 6.45) is -2.93. The Bertz CT molecular complexity index is 414. The van der Waals surface area contributed by atoms with Gasteiger partial charge in [0.15, 0.2) is 0 Å². The Labute approximate surface area is 90.5 Å². The van der Waals surface area contributed by atoms with E-state index in [0.29, 0.717) is 24.2 Å². The number of carbonyl (C=O) groups excluding carboxylic acids is 1. The largest absolute Gasteiger partial charge is 0.416 e. The van der Waals surface area contributed by atoms with Crippen LogP contribution in [-0.2, 0) is 11.0 Å². The van der Waals surface area contributed by atoms with Crippen LogP contribution in [-0.4, -0.2) is 12.8 Å². The third-order valence-corrected chi connectivity index (χ3v) is 2.72. The molecule has 0 saturated carbocycles. The molecule has 0 bridgehead atoms. The number of halogens is 3. The first-order valence-electron chi connectivity index (χ1n) is 4.92. The molecule has 0 saturated heterocycles. The Kier molecular flexibility index (Phi) is 2.61. The summed E-state index contributed by atoms with van der Waals surface area (Å²) in [5.74, 6) is -0.293. The SMILES string of the molecule is O=CC1CCNc2cc(C(F)(F)F)ccc21. The lowest BCUT2D eigenvalue weighted by Crippen LogP contribution is -2.18. The Morgan fingerprint density at radius 3 is 2.75 bits per heavy atom. The minimum atomic E-state index is -4.34. The second-order valence-electron chi connectivity index (χ2n) is 3.76. The quantitative estimate of drug-likeness (QED) is 0.750. The molecule has 0 spiro atoms. The summed E-state index contributed by atoms with van der Waals surface area (Å²) in [5.41, 5.74) is 0.373. The molecular weight excluding hydrogens is 219 g/mol. The molecule has 0 aliphatic carbocycles. The summed E-state index contributed by atoms with van der Waals surface area (Å²) in [5, 5.41) is 2.88. The van der Waals surface area contributed by atoms with Gasteiger partial charge in [-0.25, -0.2) is 0 Å². The van der Waals surface area contributed by atoms with E-state index in [0.717, 1.165) is 18.4 Å². The van der Waals surface area contributed by atoms with Crippen molar-refractivity contribution in [1.82, 2.24) is 0 Å². The molecule has 1 unspecified atom stereocenters. The predicted octanol–water partition coefficient (Wildman–Crippen LogP) is 2.80. The Hall–Kier alpha value is -1.52. The van der Waals surface area contributed by atoms with Crippen molar-refractivity contribution in [3.63, 3.8) is 0 Å². The van der Waals surface area contributed by atoms with Crippen LogP contribution in [0.25, 0.3) is 0 Å². The molecule has 1 aliphatic rings. The van der Waals surface area contributed by atoms with Crippen molar-refractivity contribution < 1.29 is 18.0 Å². The highest BCUT2D eigenvalue weighted by Gasteiger charge is 2.32. The molecule has 0 fully saturated rings. The average molecular weight is 229 g/mol. The van der Waals surface area contributed by atoms with E-state index in [-0.39, 0.29) is 5.92 Å². The lowest BCUT2D eigenvalue weighted by Gasteiger charge is -2.23. The first-order valence-corrected chi connectivity index (χ1v) is 4.92. The zero-order valence-corrected chi connectivity index (χ0v) is 8.34. The van der Waals surface area contributed by atoms with Crippen LogP contribution in [0.3, 0.4) is 0 Å². The fourth-order valence-corrected chi connectivity index (χ4v) is 1.87. The van der Waals surface area contributed by atoms with Crippen molar-refractivity contribution in [3.05, 3.63) is 29.3 Å². The summed E-state index contributed by atoms with van der Waals surface area (Å²) in [7, 11) is 0. The van der Waals surface area contributed by atoms with Crippen molar-refractivity contribution in [2.45, 2.75) is 18.5 Å². The average Bonchev–Trinajstić information content (AvgIpc) is 2.26. The second-order valence-corrected chi connectivity index (χ2v) is 3.76. The van der Waals surface area contributed by atoms with E-state index in [2.05, 4.69) is 5.32 Å². The maximum absolute atomic E-state index is 12.4. The van der Waals surface area contributed by atoms with Gasteiger partial charge in [0.25, 0.3) is 0 Å². The molecule has 1 N–H and O–H groups in total. The normalized spacial score (nSPS) is 19.8. The maximum atomic E-state index is 12.4. The van der Waals surface area contributed by atoms with Gasteiger partial charge in [-0.1, -0.05) is 6.07 Å². The number of nitrogens with one attached hydrogen (secondary N) is 1. The number of fused-ring (bicyclic) bond motifs is 1. The predicted molar refractivity (Wildman–Crippen MR) is 53.4 cm³/mol. The lowest BCUT2D eigenvalue weighted by atomic mass is 9.91. The molecule has 0 amide bonds. The van der Waals surface area contributed by atoms with Crippen LogP contribution in [0.1, 0.15) is 23.5 Å². The summed E-state index contributed by atoms with van der Waals surface area (Å²) >= 11 is 0. The zero-order valence-electron chi connectivity index (χ0n) is 8.34. The van der Waals surface area contributed by atoms with Crippen LogP contribution in [0.2, 0.25) is 0 Å². The van der Waals surface area contributed by atoms with Gasteiger partial charge < -0.3 is 10.1 Å². The number of benzene rings is 1. The topological polar surface area (TPSA) is 29.1 Å². The van der Waals surface area contributed by atoms with E-state index in [1.54, 1.807) is 0 Å². The molecular formula is C11H10F3NO. The molecule has 1 aromatic rings.